The maximum Gasteiger partial charge on any atom is 0.152 e. The van der Waals surface area contributed by atoms with Gasteiger partial charge in [-0.25, -0.2) is 0 Å². The maximum atomic E-state index is 3.03. The van der Waals surface area contributed by atoms with Crippen LogP contribution in [-0.4, -0.2) is 59.5 Å². The fourth-order valence-electron chi connectivity index (χ4n) is 13.1. The first-order valence-electron chi connectivity index (χ1n) is 22.8. The quantitative estimate of drug-likeness (QED) is 0.226. The zero-order valence-electron chi connectivity index (χ0n) is 37.5. The van der Waals surface area contributed by atoms with Crippen molar-refractivity contribution in [2.45, 2.75) is 314 Å². The van der Waals surface area contributed by atoms with Gasteiger partial charge in [0.2, 0.25) is 0 Å². The van der Waals surface area contributed by atoms with E-state index in [0.29, 0.717) is 0 Å². The molecule has 16 atom stereocenters. The van der Waals surface area contributed by atoms with E-state index in [1.54, 1.807) is 12.8 Å². The molecule has 0 bridgehead atoms. The van der Waals surface area contributed by atoms with Crippen molar-refractivity contribution < 1.29 is 0 Å². The Bertz CT molecular complexity index is 757. The van der Waals surface area contributed by atoms with Crippen molar-refractivity contribution >= 4 is 13.4 Å². The predicted molar refractivity (Wildman–Crippen MR) is 274 cm³/mol. The fourth-order valence-corrected chi connectivity index (χ4v) is 13.1. The Morgan fingerprint density at radius 2 is 0.582 bits per heavy atom. The van der Waals surface area contributed by atoms with Crippen molar-refractivity contribution in [1.82, 2.24) is 9.80 Å². The third kappa shape index (κ3) is 13.0. The van der Waals surface area contributed by atoms with Crippen LogP contribution in [0.1, 0.15) is 243 Å². The van der Waals surface area contributed by atoms with E-state index < -0.39 is 0 Å². The third-order valence-corrected chi connectivity index (χ3v) is 14.7. The molecule has 1 aliphatic carbocycles. The van der Waals surface area contributed by atoms with Gasteiger partial charge in [-0.15, -0.1) is 0 Å². The Morgan fingerprint density at radius 1 is 0.345 bits per heavy atom. The largest absolute Gasteiger partial charge is 0.296 e. The van der Waals surface area contributed by atoms with Crippen molar-refractivity contribution in [3.63, 3.8) is 0 Å². The van der Waals surface area contributed by atoms with E-state index in [1.807, 2.05) is 96.9 Å². The Hall–Kier alpha value is 0.0499. The molecule has 0 N–H and O–H groups in total. The maximum absolute atomic E-state index is 3.03. The molecule has 0 amide bonds. The Balaban J connectivity index is -0.000000160. The molecule has 7 rings (SSSR count). The molecule has 6 saturated heterocycles. The van der Waals surface area contributed by atoms with Gasteiger partial charge in [-0.2, -0.15) is 0 Å². The van der Waals surface area contributed by atoms with Crippen molar-refractivity contribution in [2.75, 3.05) is 0 Å². The van der Waals surface area contributed by atoms with Gasteiger partial charge in [-0.3, -0.25) is 9.80 Å². The second kappa shape index (κ2) is 34.9. The summed E-state index contributed by atoms with van der Waals surface area (Å²) in [6, 6.07) is 4.97. The van der Waals surface area contributed by atoms with E-state index in [2.05, 4.69) is 65.2 Å². The van der Waals surface area contributed by atoms with Crippen molar-refractivity contribution in [3.05, 3.63) is 0 Å². The van der Waals surface area contributed by atoms with Crippen molar-refractivity contribution in [3.8, 4) is 0 Å². The van der Waals surface area contributed by atoms with E-state index >= 15 is 0 Å². The van der Waals surface area contributed by atoms with Gasteiger partial charge in [-0.05, 0) is 87.5 Å². The predicted octanol–water partition coefficient (Wildman–Crippen LogP) is 18.7. The molecule has 7 aliphatic rings. The average molecular weight is 785 g/mol. The average Bonchev–Trinajstić information content (AvgIpc) is 3.63. The molecule has 7 fully saturated rings. The van der Waals surface area contributed by atoms with Crippen LogP contribution in [0.5, 0.6) is 0 Å². The van der Waals surface area contributed by atoms with Gasteiger partial charge in [0.15, 0.2) is 13.4 Å². The number of rotatable bonds is 0. The summed E-state index contributed by atoms with van der Waals surface area (Å²) in [4.78, 5) is 6.06. The zero-order chi connectivity index (χ0) is 37.8. The summed E-state index contributed by atoms with van der Waals surface area (Å²) >= 11 is 0. The van der Waals surface area contributed by atoms with E-state index in [-0.39, 0.29) is 52.0 Å². The molecule has 1 saturated carbocycles. The van der Waals surface area contributed by atoms with E-state index in [4.69, 9.17) is 0 Å². The first-order valence-corrected chi connectivity index (χ1v) is 22.8. The van der Waals surface area contributed by atoms with Crippen molar-refractivity contribution in [1.29, 1.82) is 0 Å². The van der Waals surface area contributed by atoms with Gasteiger partial charge in [0.25, 0.3) is 0 Å². The Morgan fingerprint density at radius 3 is 0.818 bits per heavy atom. The number of hydrogen-bond acceptors (Lipinski definition) is 2. The highest BCUT2D eigenvalue weighted by atomic mass is 15.3. The second-order valence-electron chi connectivity index (χ2n) is 15.3. The van der Waals surface area contributed by atoms with Crippen LogP contribution in [0, 0.1) is 23.7 Å². The molecular formula is C51H122B2N2. The fraction of sp³-hybridized carbons (Fsp3) is 1.00. The van der Waals surface area contributed by atoms with Gasteiger partial charge in [0.05, 0.1) is 0 Å². The molecule has 0 aromatic rings. The minimum absolute atomic E-state index is 0. The summed E-state index contributed by atoms with van der Waals surface area (Å²) in [5, 5.41) is 0. The van der Waals surface area contributed by atoms with Crippen LogP contribution in [-0.2, 0) is 0 Å². The van der Waals surface area contributed by atoms with Gasteiger partial charge in [0, 0.05) is 36.3 Å². The SMILES string of the molecule is C.C.C.C.C.C.C.CC.CC.CC.CC.CC.CC.CC.C[C@@H]1C[C@@H]2[C@H](C)B3[C@@H]4[C@@H]5B6[C@@H](CCC5[C@@H]4CC[C@@H]3[C@H](C)N2[C@@H]1C)[C@@H](C)N1[C@@H](C)[C@@H](C)C[C@H]1[C@H]6C. The highest BCUT2D eigenvalue weighted by molar-refractivity contribution is 6.72. The molecule has 0 aromatic carbocycles. The zero-order valence-corrected chi connectivity index (χ0v) is 37.5. The molecule has 0 aromatic heterocycles. The summed E-state index contributed by atoms with van der Waals surface area (Å²) in [7, 11) is 0. The summed E-state index contributed by atoms with van der Waals surface area (Å²) < 4.78 is 0. The second-order valence-corrected chi connectivity index (χ2v) is 15.3. The number of fused-ring (bicyclic) bond motifs is 10. The van der Waals surface area contributed by atoms with Gasteiger partial charge in [-0.1, -0.05) is 214 Å². The lowest BCUT2D eigenvalue weighted by Gasteiger charge is -2.70. The van der Waals surface area contributed by atoms with Gasteiger partial charge < -0.3 is 0 Å². The summed E-state index contributed by atoms with van der Waals surface area (Å²) in [6.45, 7) is 51.0. The molecule has 0 spiro atoms. The van der Waals surface area contributed by atoms with E-state index in [1.165, 1.54) is 25.7 Å². The molecule has 342 valence electrons. The van der Waals surface area contributed by atoms with E-state index in [0.717, 1.165) is 108 Å². The van der Waals surface area contributed by atoms with Crippen LogP contribution >= 0.6 is 0 Å². The highest BCUT2D eigenvalue weighted by Crippen LogP contribution is 2.74. The molecule has 0 radical (unpaired) electrons. The molecule has 55 heavy (non-hydrogen) atoms. The summed E-state index contributed by atoms with van der Waals surface area (Å²) in [6.07, 6.45) is 9.14. The monoisotopic (exact) mass is 785 g/mol. The molecule has 1 unspecified atom stereocenters. The lowest BCUT2D eigenvalue weighted by Crippen LogP contribution is -2.68. The number of nitrogens with zero attached hydrogens (tertiary/aromatic N) is 2. The first-order chi connectivity index (χ1) is 23.2. The normalized spacial score (nSPS) is 38.5. The molecule has 6 heterocycles. The topological polar surface area (TPSA) is 6.48 Å². The minimum Gasteiger partial charge on any atom is -0.296 e. The first kappa shape index (κ1) is 72.6. The van der Waals surface area contributed by atoms with Gasteiger partial charge in [0.1, 0.15) is 0 Å². The summed E-state index contributed by atoms with van der Waals surface area (Å²) in [5.41, 5.74) is 0. The van der Waals surface area contributed by atoms with Crippen LogP contribution in [0.25, 0.3) is 0 Å². The van der Waals surface area contributed by atoms with Crippen molar-refractivity contribution in [2.24, 2.45) is 23.7 Å². The third-order valence-electron chi connectivity index (χ3n) is 14.7. The van der Waals surface area contributed by atoms with Crippen LogP contribution in [0.3, 0.4) is 0 Å². The number of hydrogen-bond donors (Lipinski definition) is 0. The van der Waals surface area contributed by atoms with E-state index in [9.17, 15) is 0 Å². The molecule has 6 aliphatic heterocycles. The highest BCUT2D eigenvalue weighted by Gasteiger charge is 2.69. The van der Waals surface area contributed by atoms with Crippen LogP contribution in [0.2, 0.25) is 34.9 Å². The summed E-state index contributed by atoms with van der Waals surface area (Å²) in [5.74, 6) is 9.87. The lowest BCUT2D eigenvalue weighted by atomic mass is 9.06. The molecular weight excluding hydrogens is 662 g/mol. The van der Waals surface area contributed by atoms with Crippen LogP contribution in [0.15, 0.2) is 0 Å². The lowest BCUT2D eigenvalue weighted by molar-refractivity contribution is 0.0504. The Labute approximate surface area is 359 Å². The van der Waals surface area contributed by atoms with Crippen LogP contribution < -0.4 is 0 Å². The van der Waals surface area contributed by atoms with Crippen LogP contribution in [0.4, 0.5) is 0 Å². The minimum atomic E-state index is 0. The van der Waals surface area contributed by atoms with Gasteiger partial charge >= 0.3 is 0 Å². The standard InChI is InChI=1S/C30H52B2N2.7C2H6.7CH4/c1-15-13-27-17(3)31-25(21(7)33(27)19(15)5)11-9-23-24-10-12-26-22(8)34-20(6)16(2)14-28(34)18(4)32(26)30(24)29(23)31;7*1-2;;;;;;;/h15-30H,9-14H2,1-8H3;7*1-2H3;7*1H4/t15-,16+,17+,18-,19-,20+,21+,22-,23+,24?,25-,26+,27-,28+,29+,30-;;;;;;;;;;;;;;/m1............../s1. The molecule has 2 nitrogen and oxygen atoms in total. The Kier molecular flexibility index (Phi) is 46.1. The smallest absolute Gasteiger partial charge is 0.152 e. The molecule has 4 heteroatoms.